The van der Waals surface area contributed by atoms with E-state index in [2.05, 4.69) is 25.1 Å². The number of piperidine rings is 1. The van der Waals surface area contributed by atoms with E-state index < -0.39 is 17.7 Å². The van der Waals surface area contributed by atoms with E-state index >= 15 is 0 Å². The van der Waals surface area contributed by atoms with E-state index in [4.69, 9.17) is 9.72 Å². The number of thiazole rings is 1. The van der Waals surface area contributed by atoms with Crippen LogP contribution in [0.2, 0.25) is 0 Å². The van der Waals surface area contributed by atoms with Gasteiger partial charge in [-0.1, -0.05) is 23.5 Å². The lowest BCUT2D eigenvalue weighted by Gasteiger charge is -2.43. The SMILES string of the molecule is CN(c1nc2ccccc2s1)C1CC[N+](C)(C[C@H](O)COc2ccc(F)c(F)c2)CC1. The number of aliphatic hydroxyl groups is 1. The molecule has 1 N–H and O–H groups in total. The Balaban J connectivity index is 1.28. The second-order valence-corrected chi connectivity index (χ2v) is 9.61. The number of aliphatic hydroxyl groups excluding tert-OH is 1. The van der Waals surface area contributed by atoms with Crippen LogP contribution in [0.15, 0.2) is 42.5 Å². The highest BCUT2D eigenvalue weighted by Crippen LogP contribution is 2.31. The molecule has 4 rings (SSSR count). The Morgan fingerprint density at radius 3 is 2.65 bits per heavy atom. The van der Waals surface area contributed by atoms with Crippen LogP contribution in [-0.2, 0) is 0 Å². The van der Waals surface area contributed by atoms with Gasteiger partial charge < -0.3 is 19.2 Å². The number of ether oxygens (including phenoxy) is 1. The maximum Gasteiger partial charge on any atom is 0.186 e. The summed E-state index contributed by atoms with van der Waals surface area (Å²) in [5.41, 5.74) is 1.04. The molecule has 0 unspecified atom stereocenters. The molecule has 31 heavy (non-hydrogen) atoms. The van der Waals surface area contributed by atoms with Crippen LogP contribution in [0.5, 0.6) is 5.75 Å². The molecule has 1 saturated heterocycles. The molecule has 1 aliphatic rings. The van der Waals surface area contributed by atoms with E-state index in [1.165, 1.54) is 10.8 Å². The van der Waals surface area contributed by atoms with Crippen molar-refractivity contribution in [3.05, 3.63) is 54.1 Å². The molecule has 0 saturated carbocycles. The second-order valence-electron chi connectivity index (χ2n) is 8.60. The first-order valence-electron chi connectivity index (χ1n) is 10.5. The number of halogens is 2. The van der Waals surface area contributed by atoms with E-state index in [9.17, 15) is 13.9 Å². The number of aromatic nitrogens is 1. The first-order valence-corrected chi connectivity index (χ1v) is 11.3. The number of anilines is 1. The number of likely N-dealkylation sites (N-methyl/N-ethyl adjacent to an activating group) is 1. The molecule has 1 atom stereocenters. The van der Waals surface area contributed by atoms with Gasteiger partial charge in [0.15, 0.2) is 16.8 Å². The molecule has 166 valence electrons. The fraction of sp³-hybridized carbons (Fsp3) is 0.435. The van der Waals surface area contributed by atoms with Crippen molar-refractivity contribution in [1.82, 2.24) is 4.98 Å². The number of fused-ring (bicyclic) bond motifs is 1. The maximum atomic E-state index is 13.3. The quantitative estimate of drug-likeness (QED) is 0.554. The summed E-state index contributed by atoms with van der Waals surface area (Å²) in [6.45, 7) is 2.50. The predicted octanol–water partition coefficient (Wildman–Crippen LogP) is 4.06. The Hall–Kier alpha value is -2.29. The van der Waals surface area contributed by atoms with E-state index in [-0.39, 0.29) is 12.4 Å². The van der Waals surface area contributed by atoms with Gasteiger partial charge in [0.25, 0.3) is 0 Å². The van der Waals surface area contributed by atoms with Crippen molar-refractivity contribution < 1.29 is 23.1 Å². The zero-order valence-electron chi connectivity index (χ0n) is 17.8. The van der Waals surface area contributed by atoms with Crippen LogP contribution in [0.25, 0.3) is 10.2 Å². The van der Waals surface area contributed by atoms with E-state index in [1.807, 2.05) is 18.2 Å². The summed E-state index contributed by atoms with van der Waals surface area (Å²) in [6, 6.07) is 12.0. The molecular weight excluding hydrogens is 420 g/mol. The largest absolute Gasteiger partial charge is 0.491 e. The number of benzene rings is 2. The lowest BCUT2D eigenvalue weighted by Crippen LogP contribution is -2.57. The average Bonchev–Trinajstić information content (AvgIpc) is 3.19. The highest BCUT2D eigenvalue weighted by atomic mass is 32.1. The highest BCUT2D eigenvalue weighted by Gasteiger charge is 2.34. The molecule has 1 aromatic heterocycles. The number of nitrogens with zero attached hydrogens (tertiary/aromatic N) is 3. The first kappa shape index (κ1) is 21.9. The van der Waals surface area contributed by atoms with Crippen molar-refractivity contribution >= 4 is 26.7 Å². The molecule has 5 nitrogen and oxygen atoms in total. The minimum atomic E-state index is -0.953. The third-order valence-electron chi connectivity index (χ3n) is 6.12. The Kier molecular flexibility index (Phi) is 6.41. The summed E-state index contributed by atoms with van der Waals surface area (Å²) < 4.78 is 33.7. The van der Waals surface area contributed by atoms with Crippen LogP contribution in [0, 0.1) is 11.6 Å². The van der Waals surface area contributed by atoms with Gasteiger partial charge in [-0.2, -0.15) is 0 Å². The molecule has 2 aromatic carbocycles. The van der Waals surface area contributed by atoms with Crippen LogP contribution in [0.1, 0.15) is 12.8 Å². The molecule has 0 spiro atoms. The van der Waals surface area contributed by atoms with Crippen LogP contribution >= 0.6 is 11.3 Å². The predicted molar refractivity (Wildman–Crippen MR) is 120 cm³/mol. The van der Waals surface area contributed by atoms with Crippen molar-refractivity contribution in [1.29, 1.82) is 0 Å². The number of hydrogen-bond donors (Lipinski definition) is 1. The summed E-state index contributed by atoms with van der Waals surface area (Å²) in [4.78, 5) is 7.06. The topological polar surface area (TPSA) is 45.6 Å². The fourth-order valence-electron chi connectivity index (χ4n) is 4.24. The van der Waals surface area contributed by atoms with Gasteiger partial charge in [-0.3, -0.25) is 0 Å². The molecule has 1 aliphatic heterocycles. The van der Waals surface area contributed by atoms with Crippen molar-refractivity contribution in [3.63, 3.8) is 0 Å². The molecular formula is C23H28F2N3O2S+. The molecule has 0 radical (unpaired) electrons. The molecule has 0 bridgehead atoms. The number of hydrogen-bond acceptors (Lipinski definition) is 5. The number of para-hydroxylation sites is 1. The van der Waals surface area contributed by atoms with Gasteiger partial charge in [0.05, 0.1) is 30.4 Å². The van der Waals surface area contributed by atoms with Crippen molar-refractivity contribution in [2.45, 2.75) is 25.0 Å². The molecule has 8 heteroatoms. The first-order chi connectivity index (χ1) is 14.8. The average molecular weight is 449 g/mol. The van der Waals surface area contributed by atoms with Crippen molar-refractivity contribution in [2.24, 2.45) is 0 Å². The summed E-state index contributed by atoms with van der Waals surface area (Å²) in [6.07, 6.45) is 1.34. The zero-order chi connectivity index (χ0) is 22.0. The second kappa shape index (κ2) is 9.06. The summed E-state index contributed by atoms with van der Waals surface area (Å²) in [5, 5.41) is 11.5. The van der Waals surface area contributed by atoms with Gasteiger partial charge in [0, 0.05) is 32.0 Å². The molecule has 0 amide bonds. The molecule has 3 aromatic rings. The van der Waals surface area contributed by atoms with Gasteiger partial charge >= 0.3 is 0 Å². The molecule has 2 heterocycles. The van der Waals surface area contributed by atoms with E-state index in [0.717, 1.165) is 53.2 Å². The number of rotatable bonds is 7. The Labute approximate surface area is 185 Å². The minimum absolute atomic E-state index is 0.0496. The Morgan fingerprint density at radius 2 is 1.94 bits per heavy atom. The van der Waals surface area contributed by atoms with Gasteiger partial charge in [-0.15, -0.1) is 0 Å². The van der Waals surface area contributed by atoms with E-state index in [1.54, 1.807) is 11.3 Å². The van der Waals surface area contributed by atoms with Crippen molar-refractivity contribution in [2.75, 3.05) is 45.2 Å². The number of likely N-dealkylation sites (tertiary alicyclic amines) is 1. The zero-order valence-corrected chi connectivity index (χ0v) is 18.6. The monoisotopic (exact) mass is 448 g/mol. The smallest absolute Gasteiger partial charge is 0.186 e. The van der Waals surface area contributed by atoms with Crippen LogP contribution in [0.3, 0.4) is 0 Å². The van der Waals surface area contributed by atoms with Crippen LogP contribution in [0.4, 0.5) is 13.9 Å². The van der Waals surface area contributed by atoms with E-state index in [0.29, 0.717) is 12.6 Å². The molecule has 0 aliphatic carbocycles. The Morgan fingerprint density at radius 1 is 1.19 bits per heavy atom. The third kappa shape index (κ3) is 5.14. The third-order valence-corrected chi connectivity index (χ3v) is 7.25. The maximum absolute atomic E-state index is 13.3. The van der Waals surface area contributed by atoms with Crippen LogP contribution < -0.4 is 9.64 Å². The van der Waals surface area contributed by atoms with Crippen molar-refractivity contribution in [3.8, 4) is 5.75 Å². The minimum Gasteiger partial charge on any atom is -0.491 e. The summed E-state index contributed by atoms with van der Waals surface area (Å²) in [5.74, 6) is -1.65. The normalized spacial score (nSPS) is 22.4. The lowest BCUT2D eigenvalue weighted by molar-refractivity contribution is -0.917. The highest BCUT2D eigenvalue weighted by molar-refractivity contribution is 7.22. The number of quaternary nitrogens is 1. The van der Waals surface area contributed by atoms with Crippen LogP contribution in [-0.4, -0.2) is 67.1 Å². The summed E-state index contributed by atoms with van der Waals surface area (Å²) in [7, 11) is 4.26. The van der Waals surface area contributed by atoms with Gasteiger partial charge in [-0.05, 0) is 24.3 Å². The Bertz CT molecular complexity index is 1000. The van der Waals surface area contributed by atoms with Gasteiger partial charge in [-0.25, -0.2) is 13.8 Å². The fourth-order valence-corrected chi connectivity index (χ4v) is 5.23. The van der Waals surface area contributed by atoms with Gasteiger partial charge in [0.1, 0.15) is 25.0 Å². The lowest BCUT2D eigenvalue weighted by atomic mass is 10.0. The summed E-state index contributed by atoms with van der Waals surface area (Å²) >= 11 is 1.72. The standard InChI is InChI=1S/C23H28F2N3O2S/c1-27(23-26-21-5-3-4-6-22(21)31-23)16-9-11-28(2,12-10-16)14-17(29)15-30-18-7-8-19(24)20(25)13-18/h3-8,13,16-17,29H,9-12,14-15H2,1-2H3/q+1/t16?,17-,28?/m0/s1. The molecule has 1 fully saturated rings. The van der Waals surface area contributed by atoms with Gasteiger partial charge in [0.2, 0.25) is 0 Å².